The topological polar surface area (TPSA) is 78.9 Å². The van der Waals surface area contributed by atoms with Gasteiger partial charge in [0.05, 0.1) is 0 Å². The lowest BCUT2D eigenvalue weighted by Crippen LogP contribution is -2.30. The Morgan fingerprint density at radius 3 is 1.10 bits per heavy atom. The minimum atomic E-state index is -0.801. The first-order valence-electron chi connectivity index (χ1n) is 24.6. The minimum Gasteiger partial charge on any atom is -0.462 e. The van der Waals surface area contributed by atoms with Crippen molar-refractivity contribution in [1.29, 1.82) is 0 Å². The van der Waals surface area contributed by atoms with E-state index in [4.69, 9.17) is 14.2 Å². The Kier molecular flexibility index (Phi) is 45.5. The molecule has 0 fully saturated rings. The van der Waals surface area contributed by atoms with Gasteiger partial charge in [-0.05, 0) is 109 Å². The number of carbonyl (C=O) groups excluding carboxylic acids is 3. The zero-order valence-electron chi connectivity index (χ0n) is 38.9. The molecule has 0 aromatic carbocycles. The van der Waals surface area contributed by atoms with Crippen LogP contribution in [-0.2, 0) is 28.6 Å². The molecular weight excluding hydrogens is 745 g/mol. The van der Waals surface area contributed by atoms with E-state index < -0.39 is 6.10 Å². The molecule has 60 heavy (non-hydrogen) atoms. The summed E-state index contributed by atoms with van der Waals surface area (Å²) in [4.78, 5) is 37.8. The van der Waals surface area contributed by atoms with Crippen LogP contribution in [0.2, 0.25) is 0 Å². The van der Waals surface area contributed by atoms with Crippen molar-refractivity contribution in [2.45, 2.75) is 226 Å². The summed E-state index contributed by atoms with van der Waals surface area (Å²) >= 11 is 0. The van der Waals surface area contributed by atoms with E-state index in [0.29, 0.717) is 19.3 Å². The van der Waals surface area contributed by atoms with Gasteiger partial charge in [-0.15, -0.1) is 0 Å². The minimum absolute atomic E-state index is 0.100. The summed E-state index contributed by atoms with van der Waals surface area (Å²) < 4.78 is 16.7. The molecular formula is C54H90O6. The molecule has 0 aliphatic heterocycles. The summed E-state index contributed by atoms with van der Waals surface area (Å²) in [6.45, 7) is 6.40. The lowest BCUT2D eigenvalue weighted by Gasteiger charge is -2.18. The molecule has 0 aliphatic rings. The summed E-state index contributed by atoms with van der Waals surface area (Å²) in [5, 5.41) is 0. The average Bonchev–Trinajstić information content (AvgIpc) is 3.24. The summed E-state index contributed by atoms with van der Waals surface area (Å²) in [6.07, 6.45) is 61.4. The first-order chi connectivity index (χ1) is 29.5. The molecule has 342 valence electrons. The van der Waals surface area contributed by atoms with Crippen LogP contribution in [0, 0.1) is 0 Å². The van der Waals surface area contributed by atoms with E-state index in [2.05, 4.69) is 106 Å². The molecule has 0 radical (unpaired) electrons. The van der Waals surface area contributed by atoms with Crippen LogP contribution >= 0.6 is 0 Å². The molecule has 0 N–H and O–H groups in total. The Bertz CT molecular complexity index is 1190. The van der Waals surface area contributed by atoms with E-state index in [1.165, 1.54) is 51.4 Å². The zero-order valence-corrected chi connectivity index (χ0v) is 38.9. The van der Waals surface area contributed by atoms with Crippen molar-refractivity contribution in [2.75, 3.05) is 13.2 Å². The van der Waals surface area contributed by atoms with Gasteiger partial charge >= 0.3 is 17.9 Å². The highest BCUT2D eigenvalue weighted by molar-refractivity contribution is 5.71. The Morgan fingerprint density at radius 2 is 0.667 bits per heavy atom. The smallest absolute Gasteiger partial charge is 0.306 e. The fourth-order valence-electron chi connectivity index (χ4n) is 6.38. The van der Waals surface area contributed by atoms with Gasteiger partial charge in [0.15, 0.2) is 6.10 Å². The van der Waals surface area contributed by atoms with Crippen LogP contribution in [0.1, 0.15) is 220 Å². The number of unbranched alkanes of at least 4 members (excludes halogenated alkanes) is 18. The van der Waals surface area contributed by atoms with Gasteiger partial charge in [-0.2, -0.15) is 0 Å². The second-order valence-corrected chi connectivity index (χ2v) is 16.0. The molecule has 0 rings (SSSR count). The largest absolute Gasteiger partial charge is 0.462 e. The van der Waals surface area contributed by atoms with Crippen LogP contribution in [0.4, 0.5) is 0 Å². The number of hydrogen-bond donors (Lipinski definition) is 0. The van der Waals surface area contributed by atoms with Crippen LogP contribution in [0.5, 0.6) is 0 Å². The number of carbonyl (C=O) groups is 3. The standard InChI is InChI=1S/C54H90O6/c1-4-7-10-13-16-19-22-24-25-26-27-28-29-31-32-35-38-41-44-47-53(56)59-50-51(49-58-52(55)46-43-40-37-34-21-18-15-12-9-6-3)60-54(57)48-45-42-39-36-33-30-23-20-17-14-11-8-5-2/h7,10,15-16,18-19,24-25,27-28,30-33,51H,4-6,8-9,11-14,17,20-23,26,29,34-50H2,1-3H3/b10-7-,18-15-,19-16-,25-24-,28-27-,32-31-,33-30-. The Hall–Kier alpha value is -3.41. The molecule has 0 saturated carbocycles. The fraction of sp³-hybridized carbons (Fsp3) is 0.685. The molecule has 6 heteroatoms. The van der Waals surface area contributed by atoms with Gasteiger partial charge in [0.1, 0.15) is 13.2 Å². The first-order valence-corrected chi connectivity index (χ1v) is 24.6. The van der Waals surface area contributed by atoms with Crippen molar-refractivity contribution in [3.05, 3.63) is 85.1 Å². The molecule has 0 aromatic heterocycles. The average molecular weight is 835 g/mol. The van der Waals surface area contributed by atoms with Crippen LogP contribution < -0.4 is 0 Å². The van der Waals surface area contributed by atoms with E-state index in [-0.39, 0.29) is 31.1 Å². The molecule has 0 aliphatic carbocycles. The molecule has 0 bridgehead atoms. The molecule has 1 atom stereocenters. The number of ether oxygens (including phenoxy) is 3. The predicted octanol–water partition coefficient (Wildman–Crippen LogP) is 16.0. The quantitative estimate of drug-likeness (QED) is 0.0263. The van der Waals surface area contributed by atoms with Crippen LogP contribution in [0.25, 0.3) is 0 Å². The maximum absolute atomic E-state index is 12.7. The predicted molar refractivity (Wildman–Crippen MR) is 256 cm³/mol. The Morgan fingerprint density at radius 1 is 0.350 bits per heavy atom. The zero-order chi connectivity index (χ0) is 43.7. The van der Waals surface area contributed by atoms with E-state index in [1.54, 1.807) is 0 Å². The van der Waals surface area contributed by atoms with Crippen LogP contribution in [-0.4, -0.2) is 37.2 Å². The lowest BCUT2D eigenvalue weighted by molar-refractivity contribution is -0.167. The van der Waals surface area contributed by atoms with Crippen LogP contribution in [0.15, 0.2) is 85.1 Å². The van der Waals surface area contributed by atoms with Gasteiger partial charge in [-0.1, -0.05) is 176 Å². The van der Waals surface area contributed by atoms with Crippen molar-refractivity contribution in [3.63, 3.8) is 0 Å². The molecule has 0 saturated heterocycles. The second kappa shape index (κ2) is 48.3. The van der Waals surface area contributed by atoms with Crippen molar-refractivity contribution >= 4 is 17.9 Å². The number of hydrogen-bond acceptors (Lipinski definition) is 6. The molecule has 0 heterocycles. The Labute approximate surface area is 369 Å². The van der Waals surface area contributed by atoms with Gasteiger partial charge < -0.3 is 14.2 Å². The van der Waals surface area contributed by atoms with E-state index in [0.717, 1.165) is 128 Å². The van der Waals surface area contributed by atoms with Crippen molar-refractivity contribution < 1.29 is 28.6 Å². The van der Waals surface area contributed by atoms with Gasteiger partial charge in [-0.25, -0.2) is 0 Å². The van der Waals surface area contributed by atoms with Gasteiger partial charge in [-0.3, -0.25) is 14.4 Å². The van der Waals surface area contributed by atoms with Gasteiger partial charge in [0.25, 0.3) is 0 Å². The summed E-state index contributed by atoms with van der Waals surface area (Å²) in [6, 6.07) is 0. The first kappa shape index (κ1) is 56.6. The molecule has 0 amide bonds. The summed E-state index contributed by atoms with van der Waals surface area (Å²) in [5.41, 5.74) is 0. The van der Waals surface area contributed by atoms with Crippen molar-refractivity contribution in [1.82, 2.24) is 0 Å². The Balaban J connectivity index is 4.45. The van der Waals surface area contributed by atoms with Gasteiger partial charge in [0.2, 0.25) is 0 Å². The van der Waals surface area contributed by atoms with E-state index in [1.807, 2.05) is 0 Å². The number of esters is 3. The third-order valence-corrected chi connectivity index (χ3v) is 10.1. The maximum atomic E-state index is 12.7. The second-order valence-electron chi connectivity index (χ2n) is 16.0. The van der Waals surface area contributed by atoms with Crippen molar-refractivity contribution in [3.8, 4) is 0 Å². The third-order valence-electron chi connectivity index (χ3n) is 10.1. The fourth-order valence-corrected chi connectivity index (χ4v) is 6.38. The molecule has 1 unspecified atom stereocenters. The number of rotatable bonds is 43. The lowest BCUT2D eigenvalue weighted by atomic mass is 10.1. The van der Waals surface area contributed by atoms with E-state index >= 15 is 0 Å². The summed E-state index contributed by atoms with van der Waals surface area (Å²) in [7, 11) is 0. The molecule has 6 nitrogen and oxygen atoms in total. The van der Waals surface area contributed by atoms with Crippen LogP contribution in [0.3, 0.4) is 0 Å². The number of allylic oxidation sites excluding steroid dienone is 14. The molecule has 0 spiro atoms. The third kappa shape index (κ3) is 45.7. The summed E-state index contributed by atoms with van der Waals surface area (Å²) in [5.74, 6) is -0.967. The maximum Gasteiger partial charge on any atom is 0.306 e. The highest BCUT2D eigenvalue weighted by Gasteiger charge is 2.19. The highest BCUT2D eigenvalue weighted by Crippen LogP contribution is 2.12. The van der Waals surface area contributed by atoms with E-state index in [9.17, 15) is 14.4 Å². The van der Waals surface area contributed by atoms with Crippen molar-refractivity contribution in [2.24, 2.45) is 0 Å². The van der Waals surface area contributed by atoms with Gasteiger partial charge in [0, 0.05) is 19.3 Å². The SMILES string of the molecule is CC/C=C\C/C=C\C/C=C\C/C=C\C/C=C\CCCCCC(=O)OCC(COC(=O)CCCCCC/C=C\CCCC)OC(=O)CCCCC/C=C\CCCCCCCC. The highest BCUT2D eigenvalue weighted by atomic mass is 16.6. The molecule has 0 aromatic rings. The monoisotopic (exact) mass is 835 g/mol. The normalized spacial score (nSPS) is 12.8.